The molecule has 20 heavy (non-hydrogen) atoms. The van der Waals surface area contributed by atoms with Gasteiger partial charge in [-0.25, -0.2) is 10.8 Å². The fraction of sp³-hybridized carbons (Fsp3) is 0.600. The first-order valence-corrected chi connectivity index (χ1v) is 7.22. The second kappa shape index (κ2) is 5.79. The van der Waals surface area contributed by atoms with Crippen molar-refractivity contribution in [1.82, 2.24) is 10.3 Å². The molecule has 5 nitrogen and oxygen atoms in total. The van der Waals surface area contributed by atoms with Crippen LogP contribution in [0.3, 0.4) is 0 Å². The highest BCUT2D eigenvalue weighted by Gasteiger charge is 2.45. The van der Waals surface area contributed by atoms with Gasteiger partial charge < -0.3 is 10.7 Å². The van der Waals surface area contributed by atoms with Gasteiger partial charge in [-0.3, -0.25) is 4.79 Å². The maximum absolute atomic E-state index is 12.2. The smallest absolute Gasteiger partial charge is 0.251 e. The minimum atomic E-state index is -0.0519. The minimum absolute atomic E-state index is 0.0519. The van der Waals surface area contributed by atoms with Gasteiger partial charge in [0.15, 0.2) is 0 Å². The fourth-order valence-corrected chi connectivity index (χ4v) is 2.42. The second-order valence-electron chi connectivity index (χ2n) is 6.23. The molecule has 4 N–H and O–H groups in total. The van der Waals surface area contributed by atoms with Crippen molar-refractivity contribution < 1.29 is 4.79 Å². The van der Waals surface area contributed by atoms with Crippen molar-refractivity contribution in [2.45, 2.75) is 40.0 Å². The lowest BCUT2D eigenvalue weighted by atomic mass is 10.1. The van der Waals surface area contributed by atoms with Crippen molar-refractivity contribution in [2.24, 2.45) is 17.2 Å². The lowest BCUT2D eigenvalue weighted by molar-refractivity contribution is 0.0950. The summed E-state index contributed by atoms with van der Waals surface area (Å²) in [6.07, 6.45) is 3.00. The minimum Gasteiger partial charge on any atom is -0.352 e. The quantitative estimate of drug-likeness (QED) is 0.549. The number of hydrogen-bond donors (Lipinski definition) is 3. The van der Waals surface area contributed by atoms with Crippen LogP contribution in [0.2, 0.25) is 0 Å². The zero-order valence-corrected chi connectivity index (χ0v) is 12.5. The number of aryl methyl sites for hydroxylation is 1. The number of pyridine rings is 1. The maximum atomic E-state index is 12.2. The molecule has 0 spiro atoms. The van der Waals surface area contributed by atoms with E-state index in [1.165, 1.54) is 6.42 Å². The molecule has 1 aliphatic rings. The van der Waals surface area contributed by atoms with E-state index in [0.717, 1.165) is 25.1 Å². The van der Waals surface area contributed by atoms with Crippen LogP contribution in [0.5, 0.6) is 0 Å². The van der Waals surface area contributed by atoms with Crippen molar-refractivity contribution in [3.8, 4) is 0 Å². The zero-order valence-electron chi connectivity index (χ0n) is 12.5. The number of nitrogens with two attached hydrogens (primary N) is 1. The van der Waals surface area contributed by atoms with Gasteiger partial charge in [-0.1, -0.05) is 27.2 Å². The number of anilines is 1. The van der Waals surface area contributed by atoms with Crippen LogP contribution in [0, 0.1) is 11.3 Å². The first-order chi connectivity index (χ1) is 9.46. The van der Waals surface area contributed by atoms with E-state index in [2.05, 4.69) is 36.5 Å². The van der Waals surface area contributed by atoms with Crippen molar-refractivity contribution in [3.63, 3.8) is 0 Å². The summed E-state index contributed by atoms with van der Waals surface area (Å²) in [5.74, 6) is 6.48. The molecule has 1 heterocycles. The Morgan fingerprint density at radius 2 is 2.20 bits per heavy atom. The molecule has 1 atom stereocenters. The summed E-state index contributed by atoms with van der Waals surface area (Å²) >= 11 is 0. The number of hydrogen-bond acceptors (Lipinski definition) is 4. The Bertz CT molecular complexity index is 499. The topological polar surface area (TPSA) is 80.0 Å². The van der Waals surface area contributed by atoms with E-state index >= 15 is 0 Å². The van der Waals surface area contributed by atoms with Crippen LogP contribution < -0.4 is 16.6 Å². The lowest BCUT2D eigenvalue weighted by Crippen LogP contribution is -2.27. The number of nitrogens with one attached hydrogen (secondary N) is 2. The highest BCUT2D eigenvalue weighted by molar-refractivity contribution is 5.95. The third-order valence-electron chi connectivity index (χ3n) is 4.02. The van der Waals surface area contributed by atoms with Gasteiger partial charge in [-0.05, 0) is 36.3 Å². The fourth-order valence-electron chi connectivity index (χ4n) is 2.42. The van der Waals surface area contributed by atoms with Gasteiger partial charge in [0.25, 0.3) is 5.91 Å². The predicted molar refractivity (Wildman–Crippen MR) is 80.3 cm³/mol. The summed E-state index contributed by atoms with van der Waals surface area (Å²) in [6.45, 7) is 7.28. The molecule has 1 saturated carbocycles. The van der Waals surface area contributed by atoms with Crippen LogP contribution in [0.25, 0.3) is 0 Å². The number of nitrogens with zero attached hydrogens (tertiary/aromatic N) is 1. The van der Waals surface area contributed by atoms with E-state index in [0.29, 0.717) is 22.7 Å². The Morgan fingerprint density at radius 3 is 2.75 bits per heavy atom. The molecule has 0 radical (unpaired) electrons. The van der Waals surface area contributed by atoms with Crippen LogP contribution in [-0.4, -0.2) is 17.4 Å². The van der Waals surface area contributed by atoms with Crippen molar-refractivity contribution in [3.05, 3.63) is 23.4 Å². The highest BCUT2D eigenvalue weighted by Crippen LogP contribution is 2.50. The summed E-state index contributed by atoms with van der Waals surface area (Å²) in [4.78, 5) is 16.5. The molecule has 1 unspecified atom stereocenters. The summed E-state index contributed by atoms with van der Waals surface area (Å²) in [5, 5.41) is 3.00. The predicted octanol–water partition coefficient (Wildman–Crippen LogP) is 2.10. The van der Waals surface area contributed by atoms with E-state index in [1.807, 2.05) is 6.07 Å². The third kappa shape index (κ3) is 3.48. The van der Waals surface area contributed by atoms with E-state index < -0.39 is 0 Å². The van der Waals surface area contributed by atoms with Crippen LogP contribution in [0.1, 0.15) is 49.7 Å². The SMILES string of the molecule is CCCc1cc(C(=O)NCC2CC2(C)C)cc(NN)n1. The number of carbonyl (C=O) groups is 1. The number of carbonyl (C=O) groups excluding carboxylic acids is 1. The summed E-state index contributed by atoms with van der Waals surface area (Å²) in [6, 6.07) is 3.53. The molecular formula is C15H24N4O. The molecule has 1 aromatic heterocycles. The molecule has 1 fully saturated rings. The first-order valence-electron chi connectivity index (χ1n) is 7.22. The molecule has 1 aliphatic carbocycles. The van der Waals surface area contributed by atoms with E-state index in [-0.39, 0.29) is 5.91 Å². The van der Waals surface area contributed by atoms with Gasteiger partial charge in [0, 0.05) is 17.8 Å². The first kappa shape index (κ1) is 14.8. The van der Waals surface area contributed by atoms with Crippen molar-refractivity contribution in [2.75, 3.05) is 12.0 Å². The number of hydrazine groups is 1. The largest absolute Gasteiger partial charge is 0.352 e. The number of aromatic nitrogens is 1. The molecule has 110 valence electrons. The molecule has 0 aliphatic heterocycles. The Morgan fingerprint density at radius 1 is 1.50 bits per heavy atom. The molecule has 1 aromatic rings. The monoisotopic (exact) mass is 276 g/mol. The van der Waals surface area contributed by atoms with Crippen LogP contribution in [0.4, 0.5) is 5.82 Å². The van der Waals surface area contributed by atoms with Gasteiger partial charge >= 0.3 is 0 Å². The van der Waals surface area contributed by atoms with Gasteiger partial charge in [0.05, 0.1) is 0 Å². The molecule has 0 aromatic carbocycles. The molecule has 2 rings (SSSR count). The van der Waals surface area contributed by atoms with Gasteiger partial charge in [-0.15, -0.1) is 0 Å². The van der Waals surface area contributed by atoms with Crippen LogP contribution in [-0.2, 0) is 6.42 Å². The van der Waals surface area contributed by atoms with Crippen LogP contribution in [0.15, 0.2) is 12.1 Å². The molecular weight excluding hydrogens is 252 g/mol. The van der Waals surface area contributed by atoms with Crippen molar-refractivity contribution >= 4 is 11.7 Å². The van der Waals surface area contributed by atoms with E-state index in [9.17, 15) is 4.79 Å². The molecule has 0 bridgehead atoms. The normalized spacial score (nSPS) is 19.5. The number of amides is 1. The summed E-state index contributed by atoms with van der Waals surface area (Å²) in [5.41, 5.74) is 4.41. The lowest BCUT2D eigenvalue weighted by Gasteiger charge is -2.09. The van der Waals surface area contributed by atoms with Gasteiger partial charge in [-0.2, -0.15) is 0 Å². The van der Waals surface area contributed by atoms with Gasteiger partial charge in [0.2, 0.25) is 0 Å². The van der Waals surface area contributed by atoms with E-state index in [1.54, 1.807) is 6.07 Å². The molecule has 5 heteroatoms. The Balaban J connectivity index is 2.02. The summed E-state index contributed by atoms with van der Waals surface area (Å²) in [7, 11) is 0. The number of rotatable bonds is 6. The average molecular weight is 276 g/mol. The Labute approximate surface area is 120 Å². The Hall–Kier alpha value is -1.62. The highest BCUT2D eigenvalue weighted by atomic mass is 16.1. The third-order valence-corrected chi connectivity index (χ3v) is 4.02. The number of nitrogen functional groups attached to an aromatic ring is 1. The second-order valence-corrected chi connectivity index (χ2v) is 6.23. The zero-order chi connectivity index (χ0) is 14.8. The van der Waals surface area contributed by atoms with Gasteiger partial charge in [0.1, 0.15) is 5.82 Å². The van der Waals surface area contributed by atoms with Crippen LogP contribution >= 0.6 is 0 Å². The molecule has 0 saturated heterocycles. The molecule has 1 amide bonds. The standard InChI is InChI=1S/C15H24N4O/c1-4-5-12-6-10(7-13(18-12)19-16)14(20)17-9-11-8-15(11,2)3/h6-7,11H,4-5,8-9,16H2,1-3H3,(H,17,20)(H,18,19). The Kier molecular flexibility index (Phi) is 4.28. The van der Waals surface area contributed by atoms with Crippen molar-refractivity contribution in [1.29, 1.82) is 0 Å². The maximum Gasteiger partial charge on any atom is 0.251 e. The summed E-state index contributed by atoms with van der Waals surface area (Å²) < 4.78 is 0. The average Bonchev–Trinajstić information content (AvgIpc) is 3.03. The van der Waals surface area contributed by atoms with E-state index in [4.69, 9.17) is 5.84 Å².